The van der Waals surface area contributed by atoms with Crippen molar-refractivity contribution in [1.82, 2.24) is 15.5 Å². The van der Waals surface area contributed by atoms with Crippen molar-refractivity contribution in [3.8, 4) is 0 Å². The molecule has 2 heterocycles. The highest BCUT2D eigenvalue weighted by Crippen LogP contribution is 2.26. The average molecular weight is 367 g/mol. The highest BCUT2D eigenvalue weighted by atomic mass is 35.5. The topological polar surface area (TPSA) is 76.1 Å². The first-order valence-corrected chi connectivity index (χ1v) is 8.95. The number of hydrogen-bond donors (Lipinski definition) is 2. The Morgan fingerprint density at radius 1 is 1.42 bits per heavy atom. The summed E-state index contributed by atoms with van der Waals surface area (Å²) in [6.45, 7) is 1.52. The third kappa shape index (κ3) is 3.92. The Balaban J connectivity index is 1.66. The molecular weight excluding hydrogens is 348 g/mol. The van der Waals surface area contributed by atoms with Crippen LogP contribution in [0.3, 0.4) is 0 Å². The molecule has 0 radical (unpaired) electrons. The molecule has 3 rings (SSSR count). The molecule has 1 aromatic carbocycles. The van der Waals surface area contributed by atoms with E-state index in [2.05, 4.69) is 20.8 Å². The van der Waals surface area contributed by atoms with Crippen LogP contribution in [0, 0.1) is 0 Å². The number of amides is 1. The average Bonchev–Trinajstić information content (AvgIpc) is 3.02. The van der Waals surface area contributed by atoms with Crippen molar-refractivity contribution in [1.29, 1.82) is 0 Å². The molecule has 0 unspecified atom stereocenters. The second-order valence-electron chi connectivity index (χ2n) is 5.71. The van der Waals surface area contributed by atoms with Gasteiger partial charge >= 0.3 is 0 Å². The third-order valence-electron chi connectivity index (χ3n) is 4.15. The lowest BCUT2D eigenvalue weighted by atomic mass is 9.91. The van der Waals surface area contributed by atoms with E-state index in [9.17, 15) is 4.79 Å². The molecule has 2 aromatic rings. The van der Waals surface area contributed by atoms with E-state index in [-0.39, 0.29) is 5.91 Å². The van der Waals surface area contributed by atoms with Crippen LogP contribution in [-0.4, -0.2) is 41.9 Å². The lowest BCUT2D eigenvalue weighted by molar-refractivity contribution is -0.140. The highest BCUT2D eigenvalue weighted by molar-refractivity contribution is 7.15. The molecule has 0 bridgehead atoms. The van der Waals surface area contributed by atoms with Crippen molar-refractivity contribution >= 4 is 34.0 Å². The van der Waals surface area contributed by atoms with Gasteiger partial charge in [-0.15, -0.1) is 10.2 Å². The Hall–Kier alpha value is -1.54. The van der Waals surface area contributed by atoms with E-state index in [1.165, 1.54) is 11.3 Å². The van der Waals surface area contributed by atoms with Crippen LogP contribution in [0.15, 0.2) is 24.3 Å². The molecule has 0 spiro atoms. The Morgan fingerprint density at radius 2 is 2.21 bits per heavy atom. The molecule has 24 heavy (non-hydrogen) atoms. The molecule has 1 fully saturated rings. The minimum atomic E-state index is -0.788. The predicted molar refractivity (Wildman–Crippen MR) is 94.6 cm³/mol. The Kier molecular flexibility index (Phi) is 5.45. The second kappa shape index (κ2) is 7.57. The van der Waals surface area contributed by atoms with Gasteiger partial charge in [0, 0.05) is 18.6 Å². The lowest BCUT2D eigenvalue weighted by Gasteiger charge is -2.34. The second-order valence-corrected chi connectivity index (χ2v) is 7.21. The van der Waals surface area contributed by atoms with Crippen LogP contribution in [0.25, 0.3) is 0 Å². The number of ether oxygens (including phenoxy) is 1. The van der Waals surface area contributed by atoms with Crippen molar-refractivity contribution in [3.63, 3.8) is 0 Å². The number of hydrogen-bond acceptors (Lipinski definition) is 6. The quantitative estimate of drug-likeness (QED) is 0.850. The van der Waals surface area contributed by atoms with E-state index in [1.807, 2.05) is 24.3 Å². The van der Waals surface area contributed by atoms with Crippen molar-refractivity contribution < 1.29 is 9.53 Å². The number of carbonyl (C=O) groups excluding carboxylic acids is 1. The summed E-state index contributed by atoms with van der Waals surface area (Å²) in [7, 11) is 1.58. The maximum absolute atomic E-state index is 12.6. The van der Waals surface area contributed by atoms with E-state index in [1.54, 1.807) is 7.11 Å². The van der Waals surface area contributed by atoms with Gasteiger partial charge in [-0.05, 0) is 43.6 Å². The van der Waals surface area contributed by atoms with Gasteiger partial charge in [0.25, 0.3) is 5.91 Å². The van der Waals surface area contributed by atoms with E-state index in [0.29, 0.717) is 29.4 Å². The van der Waals surface area contributed by atoms with E-state index in [4.69, 9.17) is 16.3 Å². The maximum atomic E-state index is 12.6. The maximum Gasteiger partial charge on any atom is 0.258 e. The van der Waals surface area contributed by atoms with Gasteiger partial charge in [-0.3, -0.25) is 10.1 Å². The van der Waals surface area contributed by atoms with Crippen molar-refractivity contribution in [3.05, 3.63) is 39.9 Å². The van der Waals surface area contributed by atoms with E-state index >= 15 is 0 Å². The van der Waals surface area contributed by atoms with Crippen LogP contribution < -0.4 is 10.6 Å². The van der Waals surface area contributed by atoms with Crippen LogP contribution in [0.1, 0.15) is 23.4 Å². The standard InChI is InChI=1S/C16H19ClN4O2S/c1-23-16(5-7-18-8-6-16)14(22)19-15-21-20-13(24-15)10-11-3-2-4-12(17)9-11/h2-4,9,18H,5-8,10H2,1H3,(H,19,21,22). The summed E-state index contributed by atoms with van der Waals surface area (Å²) in [5.74, 6) is -0.156. The molecule has 1 aromatic heterocycles. The molecule has 1 aliphatic rings. The minimum Gasteiger partial charge on any atom is -0.368 e. The van der Waals surface area contributed by atoms with Gasteiger partial charge < -0.3 is 10.1 Å². The molecule has 1 amide bonds. The summed E-state index contributed by atoms with van der Waals surface area (Å²) in [6.07, 6.45) is 1.92. The summed E-state index contributed by atoms with van der Waals surface area (Å²) in [5, 5.41) is 16.3. The molecule has 2 N–H and O–H groups in total. The minimum absolute atomic E-state index is 0.156. The first-order valence-electron chi connectivity index (χ1n) is 7.75. The zero-order valence-electron chi connectivity index (χ0n) is 13.3. The van der Waals surface area contributed by atoms with Crippen molar-refractivity contribution in [2.24, 2.45) is 0 Å². The SMILES string of the molecule is COC1(C(=O)Nc2nnc(Cc3cccc(Cl)c3)s2)CCNCC1. The number of halogens is 1. The fraction of sp³-hybridized carbons (Fsp3) is 0.438. The summed E-state index contributed by atoms with van der Waals surface area (Å²) in [5.41, 5.74) is 0.271. The molecule has 0 aliphatic carbocycles. The van der Waals surface area contributed by atoms with Gasteiger partial charge in [0.05, 0.1) is 0 Å². The zero-order chi connectivity index (χ0) is 17.0. The highest BCUT2D eigenvalue weighted by Gasteiger charge is 2.40. The molecule has 1 aliphatic heterocycles. The molecule has 0 atom stereocenters. The van der Waals surface area contributed by atoms with Crippen LogP contribution in [-0.2, 0) is 16.0 Å². The van der Waals surface area contributed by atoms with Crippen LogP contribution in [0.2, 0.25) is 5.02 Å². The van der Waals surface area contributed by atoms with Crippen LogP contribution in [0.5, 0.6) is 0 Å². The number of methoxy groups -OCH3 is 1. The van der Waals surface area contributed by atoms with Crippen molar-refractivity contribution in [2.45, 2.75) is 24.9 Å². The zero-order valence-corrected chi connectivity index (χ0v) is 14.9. The molecule has 6 nitrogen and oxygen atoms in total. The number of piperidine rings is 1. The summed E-state index contributed by atoms with van der Waals surface area (Å²) >= 11 is 7.36. The largest absolute Gasteiger partial charge is 0.368 e. The summed E-state index contributed by atoms with van der Waals surface area (Å²) < 4.78 is 5.52. The number of rotatable bonds is 5. The number of carbonyl (C=O) groups is 1. The van der Waals surface area contributed by atoms with Crippen LogP contribution >= 0.6 is 22.9 Å². The van der Waals surface area contributed by atoms with Gasteiger partial charge in [0.2, 0.25) is 5.13 Å². The van der Waals surface area contributed by atoms with Gasteiger partial charge in [-0.25, -0.2) is 0 Å². The first kappa shape index (κ1) is 17.3. The molecule has 128 valence electrons. The molecule has 1 saturated heterocycles. The van der Waals surface area contributed by atoms with Crippen LogP contribution in [0.4, 0.5) is 5.13 Å². The fourth-order valence-electron chi connectivity index (χ4n) is 2.76. The molecule has 0 saturated carbocycles. The number of aromatic nitrogens is 2. The Labute approximate surface area is 149 Å². The number of benzene rings is 1. The Morgan fingerprint density at radius 3 is 2.92 bits per heavy atom. The number of nitrogens with zero attached hydrogens (tertiary/aromatic N) is 2. The van der Waals surface area contributed by atoms with Gasteiger partial charge in [-0.1, -0.05) is 35.1 Å². The summed E-state index contributed by atoms with van der Waals surface area (Å²) in [4.78, 5) is 12.6. The number of nitrogens with one attached hydrogen (secondary N) is 2. The molecule has 8 heteroatoms. The normalized spacial score (nSPS) is 16.8. The number of anilines is 1. The van der Waals surface area contributed by atoms with Gasteiger partial charge in [0.15, 0.2) is 0 Å². The smallest absolute Gasteiger partial charge is 0.258 e. The third-order valence-corrected chi connectivity index (χ3v) is 5.22. The van der Waals surface area contributed by atoms with E-state index < -0.39 is 5.60 Å². The lowest BCUT2D eigenvalue weighted by Crippen LogP contribution is -2.51. The Bertz CT molecular complexity index is 716. The summed E-state index contributed by atoms with van der Waals surface area (Å²) in [6, 6.07) is 7.62. The van der Waals surface area contributed by atoms with Gasteiger partial charge in [0.1, 0.15) is 10.6 Å². The monoisotopic (exact) mass is 366 g/mol. The molecular formula is C16H19ClN4O2S. The van der Waals surface area contributed by atoms with Gasteiger partial charge in [-0.2, -0.15) is 0 Å². The van der Waals surface area contributed by atoms with E-state index in [0.717, 1.165) is 23.7 Å². The first-order chi connectivity index (χ1) is 11.6. The van der Waals surface area contributed by atoms with Crippen molar-refractivity contribution in [2.75, 3.05) is 25.5 Å². The predicted octanol–water partition coefficient (Wildman–Crippen LogP) is 2.49. The fourth-order valence-corrected chi connectivity index (χ4v) is 3.74.